The summed E-state index contributed by atoms with van der Waals surface area (Å²) in [6, 6.07) is 7.05. The highest BCUT2D eigenvalue weighted by Crippen LogP contribution is 2.29. The van der Waals surface area contributed by atoms with Crippen molar-refractivity contribution in [2.75, 3.05) is 14.2 Å². The molecule has 150 valence electrons. The van der Waals surface area contributed by atoms with Crippen molar-refractivity contribution in [2.45, 2.75) is 44.7 Å². The van der Waals surface area contributed by atoms with Crippen LogP contribution in [0, 0.1) is 0 Å². The molecule has 1 aliphatic rings. The number of aromatic nitrogens is 2. The fourth-order valence-electron chi connectivity index (χ4n) is 3.82. The summed E-state index contributed by atoms with van der Waals surface area (Å²) in [6.07, 6.45) is 7.00. The molecule has 3 rings (SSSR count). The minimum absolute atomic E-state index is 0.0579. The van der Waals surface area contributed by atoms with Crippen molar-refractivity contribution < 1.29 is 19.1 Å². The Kier molecular flexibility index (Phi) is 6.34. The van der Waals surface area contributed by atoms with E-state index in [4.69, 9.17) is 9.47 Å². The summed E-state index contributed by atoms with van der Waals surface area (Å²) < 4.78 is 11.9. The predicted octanol–water partition coefficient (Wildman–Crippen LogP) is 3.19. The second-order valence-corrected chi connectivity index (χ2v) is 7.08. The van der Waals surface area contributed by atoms with Crippen molar-refractivity contribution >= 4 is 11.9 Å². The SMILES string of the molecule is COC(=O)c1ccc(OC)c(CN(C(=O)c2ccnn2C)C2CCCCC2)c1. The lowest BCUT2D eigenvalue weighted by atomic mass is 9.93. The number of amides is 1. The molecule has 0 spiro atoms. The number of aryl methyl sites for hydroxylation is 1. The Hall–Kier alpha value is -2.83. The monoisotopic (exact) mass is 385 g/mol. The van der Waals surface area contributed by atoms with Crippen LogP contribution in [0.25, 0.3) is 0 Å². The molecule has 28 heavy (non-hydrogen) atoms. The van der Waals surface area contributed by atoms with Crippen molar-refractivity contribution in [3.63, 3.8) is 0 Å². The standard InChI is InChI=1S/C21H27N3O4/c1-23-18(11-12-22-23)20(25)24(17-7-5-4-6-8-17)14-16-13-15(21(26)28-3)9-10-19(16)27-2/h9-13,17H,4-8,14H2,1-3H3. The quantitative estimate of drug-likeness (QED) is 0.714. The molecule has 0 bridgehead atoms. The van der Waals surface area contributed by atoms with Gasteiger partial charge >= 0.3 is 5.97 Å². The third-order valence-electron chi connectivity index (χ3n) is 5.36. The molecule has 1 aliphatic carbocycles. The molecule has 1 aromatic heterocycles. The van der Waals surface area contributed by atoms with Gasteiger partial charge in [0.15, 0.2) is 0 Å². The van der Waals surface area contributed by atoms with Gasteiger partial charge in [-0.3, -0.25) is 9.48 Å². The summed E-state index contributed by atoms with van der Waals surface area (Å²) in [5.74, 6) is 0.176. The average molecular weight is 385 g/mol. The number of nitrogens with zero attached hydrogens (tertiary/aromatic N) is 3. The lowest BCUT2D eigenvalue weighted by molar-refractivity contribution is 0.0600. The molecule has 1 saturated carbocycles. The number of carbonyl (C=O) groups excluding carboxylic acids is 2. The normalized spacial score (nSPS) is 14.5. The number of ether oxygens (including phenoxy) is 2. The zero-order chi connectivity index (χ0) is 20.1. The van der Waals surface area contributed by atoms with Crippen LogP contribution in [0.3, 0.4) is 0 Å². The van der Waals surface area contributed by atoms with E-state index in [0.29, 0.717) is 23.6 Å². The Morgan fingerprint density at radius 2 is 1.93 bits per heavy atom. The number of hydrogen-bond donors (Lipinski definition) is 0. The molecule has 1 fully saturated rings. The van der Waals surface area contributed by atoms with Crippen LogP contribution < -0.4 is 4.74 Å². The average Bonchev–Trinajstić information content (AvgIpc) is 3.17. The van der Waals surface area contributed by atoms with Gasteiger partial charge in [-0.05, 0) is 37.1 Å². The van der Waals surface area contributed by atoms with E-state index in [1.807, 2.05) is 4.90 Å². The summed E-state index contributed by atoms with van der Waals surface area (Å²) >= 11 is 0. The van der Waals surface area contributed by atoms with Crippen molar-refractivity contribution in [1.82, 2.24) is 14.7 Å². The Morgan fingerprint density at radius 1 is 1.18 bits per heavy atom. The highest BCUT2D eigenvalue weighted by Gasteiger charge is 2.29. The van der Waals surface area contributed by atoms with E-state index in [2.05, 4.69) is 5.10 Å². The molecule has 1 heterocycles. The van der Waals surface area contributed by atoms with E-state index in [-0.39, 0.29) is 11.9 Å². The van der Waals surface area contributed by atoms with Crippen molar-refractivity contribution in [2.24, 2.45) is 7.05 Å². The molecule has 0 saturated heterocycles. The first-order chi connectivity index (χ1) is 13.5. The third kappa shape index (κ3) is 4.18. The molecule has 1 amide bonds. The van der Waals surface area contributed by atoms with Crippen molar-refractivity contribution in [3.8, 4) is 5.75 Å². The smallest absolute Gasteiger partial charge is 0.337 e. The number of rotatable bonds is 6. The van der Waals surface area contributed by atoms with Gasteiger partial charge in [-0.1, -0.05) is 19.3 Å². The third-order valence-corrected chi connectivity index (χ3v) is 5.36. The molecule has 7 nitrogen and oxygen atoms in total. The van der Waals surface area contributed by atoms with Crippen LogP contribution in [0.2, 0.25) is 0 Å². The maximum absolute atomic E-state index is 13.3. The first-order valence-corrected chi connectivity index (χ1v) is 9.59. The Morgan fingerprint density at radius 3 is 2.54 bits per heavy atom. The minimum atomic E-state index is -0.411. The number of methoxy groups -OCH3 is 2. The number of hydrogen-bond acceptors (Lipinski definition) is 5. The van der Waals surface area contributed by atoms with Gasteiger partial charge in [0.1, 0.15) is 11.4 Å². The van der Waals surface area contributed by atoms with Gasteiger partial charge in [0.2, 0.25) is 0 Å². The highest BCUT2D eigenvalue weighted by molar-refractivity contribution is 5.93. The maximum Gasteiger partial charge on any atom is 0.337 e. The van der Waals surface area contributed by atoms with Crippen LogP contribution in [0.1, 0.15) is 58.5 Å². The summed E-state index contributed by atoms with van der Waals surface area (Å²) in [7, 11) is 4.71. The number of esters is 1. The molecule has 0 aliphatic heterocycles. The van der Waals surface area contributed by atoms with Crippen LogP contribution >= 0.6 is 0 Å². The van der Waals surface area contributed by atoms with E-state index in [1.54, 1.807) is 49.3 Å². The topological polar surface area (TPSA) is 73.7 Å². The summed E-state index contributed by atoms with van der Waals surface area (Å²) in [6.45, 7) is 0.364. The lowest BCUT2D eigenvalue weighted by Gasteiger charge is -2.34. The van der Waals surface area contributed by atoms with Gasteiger partial charge in [-0.2, -0.15) is 5.10 Å². The molecule has 0 atom stereocenters. The number of carbonyl (C=O) groups is 2. The van der Waals surface area contributed by atoms with E-state index in [0.717, 1.165) is 31.2 Å². The van der Waals surface area contributed by atoms with Crippen LogP contribution in [-0.2, 0) is 18.3 Å². The Labute approximate surface area is 165 Å². The van der Waals surface area contributed by atoms with E-state index < -0.39 is 5.97 Å². The second kappa shape index (κ2) is 8.91. The van der Waals surface area contributed by atoms with Crippen LogP contribution in [0.5, 0.6) is 5.75 Å². The highest BCUT2D eigenvalue weighted by atomic mass is 16.5. The zero-order valence-corrected chi connectivity index (χ0v) is 16.7. The lowest BCUT2D eigenvalue weighted by Crippen LogP contribution is -2.41. The van der Waals surface area contributed by atoms with Gasteiger partial charge in [-0.25, -0.2) is 4.79 Å². The molecule has 2 aromatic rings. The Balaban J connectivity index is 1.96. The van der Waals surface area contributed by atoms with E-state index in [9.17, 15) is 9.59 Å². The van der Waals surface area contributed by atoms with Gasteiger partial charge < -0.3 is 14.4 Å². The fraction of sp³-hybridized carbons (Fsp3) is 0.476. The van der Waals surface area contributed by atoms with Gasteiger partial charge in [-0.15, -0.1) is 0 Å². The number of benzene rings is 1. The predicted molar refractivity (Wildman–Crippen MR) is 104 cm³/mol. The van der Waals surface area contributed by atoms with Crippen LogP contribution in [-0.4, -0.2) is 46.8 Å². The summed E-state index contributed by atoms with van der Waals surface area (Å²) in [4.78, 5) is 27.2. The second-order valence-electron chi connectivity index (χ2n) is 7.08. The molecule has 7 heteroatoms. The summed E-state index contributed by atoms with van der Waals surface area (Å²) in [5, 5.41) is 4.14. The molecular weight excluding hydrogens is 358 g/mol. The molecule has 0 N–H and O–H groups in total. The first kappa shape index (κ1) is 19.9. The fourth-order valence-corrected chi connectivity index (χ4v) is 3.82. The van der Waals surface area contributed by atoms with Crippen LogP contribution in [0.15, 0.2) is 30.5 Å². The Bertz CT molecular complexity index is 840. The van der Waals surface area contributed by atoms with Gasteiger partial charge in [0.25, 0.3) is 5.91 Å². The van der Waals surface area contributed by atoms with Crippen molar-refractivity contribution in [1.29, 1.82) is 0 Å². The molecule has 0 unspecified atom stereocenters. The molecular formula is C21H27N3O4. The van der Waals surface area contributed by atoms with Crippen LogP contribution in [0.4, 0.5) is 0 Å². The minimum Gasteiger partial charge on any atom is -0.496 e. The molecule has 0 radical (unpaired) electrons. The van der Waals surface area contributed by atoms with Crippen molar-refractivity contribution in [3.05, 3.63) is 47.3 Å². The first-order valence-electron chi connectivity index (χ1n) is 9.59. The van der Waals surface area contributed by atoms with Gasteiger partial charge in [0, 0.05) is 31.4 Å². The van der Waals surface area contributed by atoms with E-state index in [1.165, 1.54) is 13.5 Å². The molecule has 1 aromatic carbocycles. The maximum atomic E-state index is 13.3. The van der Waals surface area contributed by atoms with E-state index >= 15 is 0 Å². The largest absolute Gasteiger partial charge is 0.496 e. The zero-order valence-electron chi connectivity index (χ0n) is 16.7. The van der Waals surface area contributed by atoms with Gasteiger partial charge in [0.05, 0.1) is 19.8 Å². The summed E-state index contributed by atoms with van der Waals surface area (Å²) in [5.41, 5.74) is 1.77.